The normalized spacial score (nSPS) is 14.5. The average Bonchev–Trinajstić information content (AvgIpc) is 2.48. The van der Waals surface area contributed by atoms with Gasteiger partial charge in [0.25, 0.3) is 5.91 Å². The Hall–Kier alpha value is -1.77. The van der Waals surface area contributed by atoms with Gasteiger partial charge in [0, 0.05) is 6.54 Å². The minimum atomic E-state index is -0.0555. The van der Waals surface area contributed by atoms with E-state index in [1.165, 1.54) is 24.0 Å². The van der Waals surface area contributed by atoms with E-state index in [-0.39, 0.29) is 12.5 Å². The predicted octanol–water partition coefficient (Wildman–Crippen LogP) is 3.61. The van der Waals surface area contributed by atoms with Gasteiger partial charge in [-0.25, -0.2) is 0 Å². The van der Waals surface area contributed by atoms with E-state index < -0.39 is 0 Å². The van der Waals surface area contributed by atoms with Crippen molar-refractivity contribution in [1.82, 2.24) is 5.32 Å². The Balaban J connectivity index is 1.82. The van der Waals surface area contributed by atoms with Crippen LogP contribution in [0.25, 0.3) is 0 Å². The summed E-state index contributed by atoms with van der Waals surface area (Å²) >= 11 is 0. The Bertz CT molecular complexity index is 546. The first-order valence-electron chi connectivity index (χ1n) is 7.71. The van der Waals surface area contributed by atoms with Gasteiger partial charge in [-0.1, -0.05) is 17.7 Å². The lowest BCUT2D eigenvalue weighted by atomic mass is 10.00. The molecule has 3 nitrogen and oxygen atoms in total. The minimum Gasteiger partial charge on any atom is -0.483 e. The highest BCUT2D eigenvalue weighted by atomic mass is 16.5. The summed E-state index contributed by atoms with van der Waals surface area (Å²) in [6.07, 6.45) is 7.01. The van der Waals surface area contributed by atoms with Crippen molar-refractivity contribution in [3.8, 4) is 5.75 Å². The van der Waals surface area contributed by atoms with Gasteiger partial charge in [0.1, 0.15) is 5.75 Å². The Morgan fingerprint density at radius 1 is 1.24 bits per heavy atom. The topological polar surface area (TPSA) is 38.3 Å². The zero-order chi connectivity index (χ0) is 15.2. The highest BCUT2D eigenvalue weighted by Crippen LogP contribution is 2.23. The van der Waals surface area contributed by atoms with Crippen LogP contribution in [0.2, 0.25) is 0 Å². The first kappa shape index (κ1) is 15.6. The summed E-state index contributed by atoms with van der Waals surface area (Å²) in [5.41, 5.74) is 4.79. The van der Waals surface area contributed by atoms with Gasteiger partial charge >= 0.3 is 0 Å². The molecule has 2 rings (SSSR count). The van der Waals surface area contributed by atoms with E-state index >= 15 is 0 Å². The van der Waals surface area contributed by atoms with Crippen LogP contribution < -0.4 is 10.1 Å². The quantitative estimate of drug-likeness (QED) is 0.840. The molecule has 0 fully saturated rings. The highest BCUT2D eigenvalue weighted by Gasteiger charge is 2.09. The van der Waals surface area contributed by atoms with Crippen molar-refractivity contribution in [2.75, 3.05) is 13.2 Å². The van der Waals surface area contributed by atoms with Crippen LogP contribution in [-0.4, -0.2) is 19.1 Å². The van der Waals surface area contributed by atoms with Gasteiger partial charge in [-0.2, -0.15) is 0 Å². The molecule has 1 aromatic rings. The number of benzene rings is 1. The van der Waals surface area contributed by atoms with Crippen LogP contribution in [0, 0.1) is 20.8 Å². The van der Waals surface area contributed by atoms with Crippen molar-refractivity contribution in [2.24, 2.45) is 0 Å². The Labute approximate surface area is 127 Å². The maximum absolute atomic E-state index is 11.9. The van der Waals surface area contributed by atoms with Crippen molar-refractivity contribution in [3.63, 3.8) is 0 Å². The van der Waals surface area contributed by atoms with E-state index in [1.807, 2.05) is 19.9 Å². The van der Waals surface area contributed by atoms with Gasteiger partial charge in [0.05, 0.1) is 0 Å². The molecule has 0 unspecified atom stereocenters. The van der Waals surface area contributed by atoms with E-state index in [0.29, 0.717) is 6.54 Å². The molecule has 0 saturated carbocycles. The third-order valence-corrected chi connectivity index (χ3v) is 4.02. The van der Waals surface area contributed by atoms with Crippen molar-refractivity contribution in [3.05, 3.63) is 40.5 Å². The summed E-state index contributed by atoms with van der Waals surface area (Å²) in [6, 6.07) is 4.11. The summed E-state index contributed by atoms with van der Waals surface area (Å²) in [5, 5.41) is 2.94. The Morgan fingerprint density at radius 2 is 2.05 bits per heavy atom. The zero-order valence-corrected chi connectivity index (χ0v) is 13.3. The zero-order valence-electron chi connectivity index (χ0n) is 13.3. The molecule has 21 heavy (non-hydrogen) atoms. The average molecular weight is 287 g/mol. The first-order chi connectivity index (χ1) is 10.1. The second-order valence-electron chi connectivity index (χ2n) is 5.88. The van der Waals surface area contributed by atoms with Crippen LogP contribution in [0.4, 0.5) is 0 Å². The molecule has 0 heterocycles. The number of carbonyl (C=O) groups excluding carboxylic acids is 1. The molecule has 0 spiro atoms. The van der Waals surface area contributed by atoms with Crippen LogP contribution in [-0.2, 0) is 4.79 Å². The monoisotopic (exact) mass is 287 g/mol. The molecule has 0 saturated heterocycles. The maximum atomic E-state index is 11.9. The SMILES string of the molecule is Cc1cc(C)c(C)c(OCC(=O)NCC2=CCCCC2)c1. The fraction of sp³-hybridized carbons (Fsp3) is 0.500. The van der Waals surface area contributed by atoms with Gasteiger partial charge in [-0.15, -0.1) is 0 Å². The summed E-state index contributed by atoms with van der Waals surface area (Å²) in [7, 11) is 0. The number of allylic oxidation sites excluding steroid dienone is 1. The molecule has 3 heteroatoms. The summed E-state index contributed by atoms with van der Waals surface area (Å²) < 4.78 is 5.67. The maximum Gasteiger partial charge on any atom is 0.258 e. The molecular weight excluding hydrogens is 262 g/mol. The number of ether oxygens (including phenoxy) is 1. The summed E-state index contributed by atoms with van der Waals surface area (Å²) in [5.74, 6) is 0.750. The number of carbonyl (C=O) groups is 1. The summed E-state index contributed by atoms with van der Waals surface area (Å²) in [4.78, 5) is 11.9. The smallest absolute Gasteiger partial charge is 0.258 e. The van der Waals surface area contributed by atoms with Crippen molar-refractivity contribution in [1.29, 1.82) is 0 Å². The molecule has 0 bridgehead atoms. The lowest BCUT2D eigenvalue weighted by Gasteiger charge is -2.15. The highest BCUT2D eigenvalue weighted by molar-refractivity contribution is 5.77. The van der Waals surface area contributed by atoms with Crippen LogP contribution in [0.3, 0.4) is 0 Å². The molecule has 0 aliphatic heterocycles. The number of hydrogen-bond donors (Lipinski definition) is 1. The van der Waals surface area contributed by atoms with Crippen LogP contribution >= 0.6 is 0 Å². The molecule has 0 radical (unpaired) electrons. The largest absolute Gasteiger partial charge is 0.483 e. The van der Waals surface area contributed by atoms with E-state index in [9.17, 15) is 4.79 Å². The number of hydrogen-bond acceptors (Lipinski definition) is 2. The Kier molecular flexibility index (Phi) is 5.43. The molecule has 114 valence electrons. The molecule has 0 aromatic heterocycles. The molecule has 1 N–H and O–H groups in total. The number of rotatable bonds is 5. The lowest BCUT2D eigenvalue weighted by molar-refractivity contribution is -0.122. The first-order valence-corrected chi connectivity index (χ1v) is 7.71. The predicted molar refractivity (Wildman–Crippen MR) is 85.7 cm³/mol. The van der Waals surface area contributed by atoms with Crippen molar-refractivity contribution < 1.29 is 9.53 Å². The van der Waals surface area contributed by atoms with Gasteiger partial charge in [-0.05, 0) is 69.2 Å². The molecule has 1 aliphatic rings. The van der Waals surface area contributed by atoms with E-state index in [2.05, 4.69) is 24.4 Å². The molecule has 1 aromatic carbocycles. The number of aryl methyl sites for hydroxylation is 2. The molecular formula is C18H25NO2. The van der Waals surface area contributed by atoms with Crippen LogP contribution in [0.5, 0.6) is 5.75 Å². The van der Waals surface area contributed by atoms with E-state index in [1.54, 1.807) is 0 Å². The van der Waals surface area contributed by atoms with Crippen LogP contribution in [0.15, 0.2) is 23.8 Å². The van der Waals surface area contributed by atoms with Gasteiger partial charge in [-0.3, -0.25) is 4.79 Å². The minimum absolute atomic E-state index is 0.0555. The van der Waals surface area contributed by atoms with Crippen molar-refractivity contribution >= 4 is 5.91 Å². The summed E-state index contributed by atoms with van der Waals surface area (Å²) in [6.45, 7) is 6.86. The number of nitrogens with one attached hydrogen (secondary N) is 1. The van der Waals surface area contributed by atoms with E-state index in [4.69, 9.17) is 4.74 Å². The lowest BCUT2D eigenvalue weighted by Crippen LogP contribution is -2.30. The van der Waals surface area contributed by atoms with E-state index in [0.717, 1.165) is 29.7 Å². The van der Waals surface area contributed by atoms with Crippen LogP contribution in [0.1, 0.15) is 42.4 Å². The van der Waals surface area contributed by atoms with Gasteiger partial charge in [0.2, 0.25) is 0 Å². The van der Waals surface area contributed by atoms with Gasteiger partial charge < -0.3 is 10.1 Å². The molecule has 1 amide bonds. The second-order valence-corrected chi connectivity index (χ2v) is 5.88. The fourth-order valence-electron chi connectivity index (χ4n) is 2.62. The Morgan fingerprint density at radius 3 is 2.76 bits per heavy atom. The molecule has 1 aliphatic carbocycles. The molecule has 0 atom stereocenters. The third-order valence-electron chi connectivity index (χ3n) is 4.02. The third kappa shape index (κ3) is 4.62. The van der Waals surface area contributed by atoms with Gasteiger partial charge in [0.15, 0.2) is 6.61 Å². The van der Waals surface area contributed by atoms with Crippen molar-refractivity contribution in [2.45, 2.75) is 46.5 Å². The second kappa shape index (κ2) is 7.30. The standard InChI is InChI=1S/C18H25NO2/c1-13-9-14(2)15(3)17(10-13)21-12-18(20)19-11-16-7-5-4-6-8-16/h7,9-10H,4-6,8,11-12H2,1-3H3,(H,19,20). The fourth-order valence-corrected chi connectivity index (χ4v) is 2.62. The number of amides is 1.